The molecule has 1 aliphatic carbocycles. The zero-order chi connectivity index (χ0) is 18.3. The van der Waals surface area contributed by atoms with Gasteiger partial charge in [0.2, 0.25) is 11.8 Å². The lowest BCUT2D eigenvalue weighted by Gasteiger charge is -2.15. The Labute approximate surface area is 149 Å². The maximum atomic E-state index is 13.0. The molecule has 0 radical (unpaired) electrons. The Kier molecular flexibility index (Phi) is 4.22. The van der Waals surface area contributed by atoms with Crippen LogP contribution >= 0.6 is 0 Å². The fourth-order valence-corrected chi connectivity index (χ4v) is 3.68. The Bertz CT molecular complexity index is 828. The molecule has 0 unspecified atom stereocenters. The summed E-state index contributed by atoms with van der Waals surface area (Å²) in [4.78, 5) is 29.9. The summed E-state index contributed by atoms with van der Waals surface area (Å²) < 4.78 is 18.4. The van der Waals surface area contributed by atoms with Crippen LogP contribution in [0.5, 0.6) is 0 Å². The second-order valence-electron chi connectivity index (χ2n) is 7.07. The molecule has 2 heterocycles. The van der Waals surface area contributed by atoms with Crippen LogP contribution in [-0.4, -0.2) is 40.0 Å². The molecule has 1 amide bonds. The summed E-state index contributed by atoms with van der Waals surface area (Å²) in [5.74, 6) is -0.958. The van der Waals surface area contributed by atoms with E-state index in [1.54, 1.807) is 17.0 Å². The van der Waals surface area contributed by atoms with Crippen LogP contribution in [0.2, 0.25) is 0 Å². The minimum atomic E-state index is -0.822. The molecule has 4 rings (SSSR count). The van der Waals surface area contributed by atoms with E-state index in [0.717, 1.165) is 12.8 Å². The van der Waals surface area contributed by atoms with Crippen molar-refractivity contribution in [2.75, 3.05) is 13.1 Å². The van der Waals surface area contributed by atoms with Crippen molar-refractivity contribution in [3.05, 3.63) is 42.0 Å². The van der Waals surface area contributed by atoms with Crippen molar-refractivity contribution in [3.8, 4) is 11.5 Å². The summed E-state index contributed by atoms with van der Waals surface area (Å²) in [6, 6.07) is 5.76. The number of benzene rings is 1. The van der Waals surface area contributed by atoms with Crippen molar-refractivity contribution in [3.63, 3.8) is 0 Å². The zero-order valence-corrected chi connectivity index (χ0v) is 14.1. The molecule has 6 nitrogen and oxygen atoms in total. The molecule has 2 fully saturated rings. The Morgan fingerprint density at radius 2 is 1.96 bits per heavy atom. The highest BCUT2D eigenvalue weighted by Crippen LogP contribution is 2.44. The fourth-order valence-electron chi connectivity index (χ4n) is 3.68. The molecular formula is C19H19FN2O4. The molecule has 1 aromatic heterocycles. The average molecular weight is 358 g/mol. The Hall–Kier alpha value is -2.70. The van der Waals surface area contributed by atoms with E-state index in [4.69, 9.17) is 4.42 Å². The average Bonchev–Trinajstić information content (AvgIpc) is 3.18. The highest BCUT2D eigenvalue weighted by Gasteiger charge is 2.46. The van der Waals surface area contributed by atoms with Gasteiger partial charge < -0.3 is 14.4 Å². The Morgan fingerprint density at radius 1 is 1.23 bits per heavy atom. The van der Waals surface area contributed by atoms with Crippen molar-refractivity contribution in [1.29, 1.82) is 0 Å². The summed E-state index contributed by atoms with van der Waals surface area (Å²) in [7, 11) is 0. The number of likely N-dealkylation sites (tertiary alicyclic amines) is 1. The lowest BCUT2D eigenvalue weighted by molar-refractivity contribution is -0.142. The second kappa shape index (κ2) is 6.55. The van der Waals surface area contributed by atoms with E-state index < -0.39 is 11.9 Å². The quantitative estimate of drug-likeness (QED) is 0.888. The number of amides is 1. The molecular weight excluding hydrogens is 339 g/mol. The van der Waals surface area contributed by atoms with Crippen molar-refractivity contribution in [1.82, 2.24) is 9.88 Å². The molecule has 2 atom stereocenters. The van der Waals surface area contributed by atoms with Gasteiger partial charge in [0.15, 0.2) is 0 Å². The number of hydrogen-bond acceptors (Lipinski definition) is 4. The van der Waals surface area contributed by atoms with E-state index >= 15 is 0 Å². The van der Waals surface area contributed by atoms with Gasteiger partial charge >= 0.3 is 5.97 Å². The van der Waals surface area contributed by atoms with Crippen LogP contribution in [0.15, 0.2) is 34.9 Å². The molecule has 7 heteroatoms. The molecule has 0 bridgehead atoms. The van der Waals surface area contributed by atoms with E-state index in [0.29, 0.717) is 29.6 Å². The summed E-state index contributed by atoms with van der Waals surface area (Å²) in [5.41, 5.74) is 1.11. The first kappa shape index (κ1) is 16.8. The number of carboxylic acid groups (broad SMARTS) is 1. The van der Waals surface area contributed by atoms with Gasteiger partial charge in [-0.15, -0.1) is 0 Å². The molecule has 1 N–H and O–H groups in total. The minimum Gasteiger partial charge on any atom is -0.481 e. The molecule has 136 valence electrons. The highest BCUT2D eigenvalue weighted by atomic mass is 19.1. The van der Waals surface area contributed by atoms with Gasteiger partial charge in [0, 0.05) is 18.7 Å². The van der Waals surface area contributed by atoms with Gasteiger partial charge in [0.1, 0.15) is 12.1 Å². The number of carbonyl (C=O) groups excluding carboxylic acids is 1. The molecule has 1 aromatic carbocycles. The number of rotatable bonds is 5. The third-order valence-electron chi connectivity index (χ3n) is 5.24. The van der Waals surface area contributed by atoms with E-state index in [1.165, 1.54) is 18.4 Å². The largest absolute Gasteiger partial charge is 0.481 e. The van der Waals surface area contributed by atoms with Gasteiger partial charge in [0.05, 0.1) is 18.0 Å². The molecule has 1 saturated carbocycles. The molecule has 2 aromatic rings. The molecule has 2 aliphatic rings. The van der Waals surface area contributed by atoms with Gasteiger partial charge in [-0.25, -0.2) is 9.37 Å². The first-order chi connectivity index (χ1) is 12.5. The van der Waals surface area contributed by atoms with Crippen molar-refractivity contribution < 1.29 is 23.5 Å². The van der Waals surface area contributed by atoms with Gasteiger partial charge in [-0.1, -0.05) is 0 Å². The van der Waals surface area contributed by atoms with E-state index in [1.807, 2.05) is 0 Å². The maximum Gasteiger partial charge on any atom is 0.308 e. The van der Waals surface area contributed by atoms with Crippen LogP contribution < -0.4 is 0 Å². The molecule has 26 heavy (non-hydrogen) atoms. The number of oxazole rings is 1. The normalized spacial score (nSPS) is 22.6. The highest BCUT2D eigenvalue weighted by molar-refractivity contribution is 5.80. The van der Waals surface area contributed by atoms with Crippen LogP contribution in [0.4, 0.5) is 4.39 Å². The number of nitrogens with zero attached hydrogens (tertiary/aromatic N) is 2. The zero-order valence-electron chi connectivity index (χ0n) is 14.1. The number of carbonyl (C=O) groups is 2. The van der Waals surface area contributed by atoms with E-state index in [-0.39, 0.29) is 30.6 Å². The van der Waals surface area contributed by atoms with Crippen LogP contribution in [0, 0.1) is 23.6 Å². The number of aromatic nitrogens is 1. The summed E-state index contributed by atoms with van der Waals surface area (Å²) in [5, 5.41) is 9.41. The molecule has 0 spiro atoms. The third kappa shape index (κ3) is 3.34. The summed E-state index contributed by atoms with van der Waals surface area (Å²) >= 11 is 0. The number of aliphatic carboxylic acids is 1. The Morgan fingerprint density at radius 3 is 2.62 bits per heavy atom. The predicted octanol–water partition coefficient (Wildman–Crippen LogP) is 2.59. The number of carboxylic acids is 1. The van der Waals surface area contributed by atoms with E-state index in [2.05, 4.69) is 4.98 Å². The number of hydrogen-bond donors (Lipinski definition) is 1. The third-order valence-corrected chi connectivity index (χ3v) is 5.24. The van der Waals surface area contributed by atoms with Gasteiger partial charge in [0.25, 0.3) is 0 Å². The van der Waals surface area contributed by atoms with Crippen molar-refractivity contribution in [2.45, 2.75) is 19.3 Å². The topological polar surface area (TPSA) is 83.6 Å². The summed E-state index contributed by atoms with van der Waals surface area (Å²) in [6.07, 6.45) is 3.59. The van der Waals surface area contributed by atoms with Crippen molar-refractivity contribution in [2.24, 2.45) is 17.8 Å². The van der Waals surface area contributed by atoms with Gasteiger partial charge in [-0.2, -0.15) is 0 Å². The second-order valence-corrected chi connectivity index (χ2v) is 7.07. The van der Waals surface area contributed by atoms with Crippen LogP contribution in [-0.2, 0) is 16.0 Å². The Balaban J connectivity index is 1.42. The smallest absolute Gasteiger partial charge is 0.308 e. The predicted molar refractivity (Wildman–Crippen MR) is 89.5 cm³/mol. The number of halogens is 1. The van der Waals surface area contributed by atoms with Crippen LogP contribution in [0.1, 0.15) is 18.5 Å². The SMILES string of the molecule is O=C(O)[C@H]1CN(C(=O)Cc2coc(-c3ccc(F)cc3)n2)C[C@@H]1C1CC1. The van der Waals surface area contributed by atoms with E-state index in [9.17, 15) is 19.1 Å². The maximum absolute atomic E-state index is 13.0. The van der Waals surface area contributed by atoms with Crippen LogP contribution in [0.3, 0.4) is 0 Å². The lowest BCUT2D eigenvalue weighted by atomic mass is 9.92. The summed E-state index contributed by atoms with van der Waals surface area (Å²) in [6.45, 7) is 0.765. The van der Waals surface area contributed by atoms with Gasteiger partial charge in [-0.05, 0) is 48.9 Å². The standard InChI is InChI=1S/C19H19FN2O4/c20-13-5-3-12(4-6-13)18-21-14(10-26-18)7-17(23)22-8-15(11-1-2-11)16(9-22)19(24)25/h3-6,10-11,15-16H,1-2,7-9H2,(H,24,25)/t15-,16+/m1/s1. The first-order valence-corrected chi connectivity index (χ1v) is 8.72. The molecule has 1 saturated heterocycles. The molecule has 1 aliphatic heterocycles. The fraction of sp³-hybridized carbons (Fsp3) is 0.421. The van der Waals surface area contributed by atoms with Gasteiger partial charge in [-0.3, -0.25) is 9.59 Å². The van der Waals surface area contributed by atoms with Crippen LogP contribution in [0.25, 0.3) is 11.5 Å². The monoisotopic (exact) mass is 358 g/mol. The van der Waals surface area contributed by atoms with Crippen molar-refractivity contribution >= 4 is 11.9 Å². The minimum absolute atomic E-state index is 0.0588. The lowest BCUT2D eigenvalue weighted by Crippen LogP contribution is -2.31. The first-order valence-electron chi connectivity index (χ1n) is 8.72.